The van der Waals surface area contributed by atoms with Crippen molar-refractivity contribution in [2.75, 3.05) is 0 Å². The highest BCUT2D eigenvalue weighted by Crippen LogP contribution is 2.21. The Labute approximate surface area is 103 Å². The van der Waals surface area contributed by atoms with Crippen LogP contribution < -0.4 is 4.74 Å². The highest BCUT2D eigenvalue weighted by atomic mass is 35.5. The van der Waals surface area contributed by atoms with Gasteiger partial charge < -0.3 is 4.74 Å². The number of para-hydroxylation sites is 1. The molecule has 0 saturated carbocycles. The van der Waals surface area contributed by atoms with E-state index < -0.39 is 11.6 Å². The van der Waals surface area contributed by atoms with E-state index >= 15 is 0 Å². The zero-order valence-corrected chi connectivity index (χ0v) is 9.55. The minimum Gasteiger partial charge on any atom is -0.486 e. The van der Waals surface area contributed by atoms with E-state index in [1.54, 1.807) is 24.3 Å². The van der Waals surface area contributed by atoms with E-state index in [-0.39, 0.29) is 17.4 Å². The molecule has 0 aromatic heterocycles. The first-order chi connectivity index (χ1) is 8.18. The second-order valence-electron chi connectivity index (χ2n) is 3.43. The van der Waals surface area contributed by atoms with Gasteiger partial charge in [0.05, 0.1) is 5.02 Å². The van der Waals surface area contributed by atoms with E-state index in [4.69, 9.17) is 16.3 Å². The van der Waals surface area contributed by atoms with Crippen LogP contribution in [-0.4, -0.2) is 0 Å². The van der Waals surface area contributed by atoms with Gasteiger partial charge in [0.25, 0.3) is 0 Å². The molecular weight excluding hydrogens is 246 g/mol. The molecule has 0 atom stereocenters. The van der Waals surface area contributed by atoms with Crippen molar-refractivity contribution in [1.29, 1.82) is 0 Å². The third-order valence-corrected chi connectivity index (χ3v) is 2.54. The van der Waals surface area contributed by atoms with Gasteiger partial charge in [0.15, 0.2) is 11.6 Å². The maximum Gasteiger partial charge on any atom is 0.165 e. The van der Waals surface area contributed by atoms with Gasteiger partial charge >= 0.3 is 0 Å². The fourth-order valence-electron chi connectivity index (χ4n) is 1.38. The normalized spacial score (nSPS) is 10.3. The van der Waals surface area contributed by atoms with Gasteiger partial charge in [0.2, 0.25) is 0 Å². The van der Waals surface area contributed by atoms with Crippen molar-refractivity contribution >= 4 is 11.6 Å². The fraction of sp³-hybridized carbons (Fsp3) is 0.0769. The van der Waals surface area contributed by atoms with Crippen LogP contribution in [0, 0.1) is 11.6 Å². The van der Waals surface area contributed by atoms with Crippen LogP contribution in [-0.2, 0) is 6.61 Å². The molecule has 0 aliphatic carbocycles. The number of hydrogen-bond donors (Lipinski definition) is 0. The molecule has 0 amide bonds. The molecule has 0 spiro atoms. The molecular formula is C13H9ClF2O. The molecule has 0 unspecified atom stereocenters. The lowest BCUT2D eigenvalue weighted by Gasteiger charge is -2.08. The first-order valence-electron chi connectivity index (χ1n) is 4.98. The third-order valence-electron chi connectivity index (χ3n) is 2.25. The topological polar surface area (TPSA) is 9.23 Å². The molecule has 4 heteroatoms. The quantitative estimate of drug-likeness (QED) is 0.798. The Kier molecular flexibility index (Phi) is 3.59. The summed E-state index contributed by atoms with van der Waals surface area (Å²) in [4.78, 5) is 0. The lowest BCUT2D eigenvalue weighted by Crippen LogP contribution is -2.00. The molecule has 88 valence electrons. The molecule has 2 aromatic rings. The lowest BCUT2D eigenvalue weighted by molar-refractivity contribution is 0.285. The zero-order chi connectivity index (χ0) is 12.3. The summed E-state index contributed by atoms with van der Waals surface area (Å²) in [5.41, 5.74) is 0.292. The number of benzene rings is 2. The fourth-order valence-corrected chi connectivity index (χ4v) is 1.57. The molecule has 2 aromatic carbocycles. The number of ether oxygens (including phenoxy) is 1. The molecule has 1 nitrogen and oxygen atoms in total. The predicted molar refractivity (Wildman–Crippen MR) is 62.1 cm³/mol. The van der Waals surface area contributed by atoms with Crippen molar-refractivity contribution in [2.45, 2.75) is 6.61 Å². The second-order valence-corrected chi connectivity index (χ2v) is 3.84. The van der Waals surface area contributed by atoms with E-state index in [1.807, 2.05) is 0 Å². The van der Waals surface area contributed by atoms with Gasteiger partial charge in [-0.05, 0) is 18.2 Å². The number of hydrogen-bond acceptors (Lipinski definition) is 1. The molecule has 0 heterocycles. The van der Waals surface area contributed by atoms with Crippen LogP contribution in [0.15, 0.2) is 42.5 Å². The molecule has 2 rings (SSSR count). The first kappa shape index (κ1) is 11.9. The first-order valence-corrected chi connectivity index (χ1v) is 5.36. The summed E-state index contributed by atoms with van der Waals surface area (Å²) in [6, 6.07) is 10.6. The van der Waals surface area contributed by atoms with E-state index in [2.05, 4.69) is 0 Å². The van der Waals surface area contributed by atoms with Gasteiger partial charge in [-0.25, -0.2) is 8.78 Å². The molecule has 0 aliphatic rings. The predicted octanol–water partition coefficient (Wildman–Crippen LogP) is 4.20. The molecule has 0 N–H and O–H groups in total. The molecule has 0 saturated heterocycles. The highest BCUT2D eigenvalue weighted by molar-refractivity contribution is 6.30. The minimum absolute atomic E-state index is 0.0274. The van der Waals surface area contributed by atoms with Crippen molar-refractivity contribution in [3.8, 4) is 5.75 Å². The summed E-state index contributed by atoms with van der Waals surface area (Å²) >= 11 is 5.62. The van der Waals surface area contributed by atoms with Gasteiger partial charge in [0, 0.05) is 5.56 Å². The van der Waals surface area contributed by atoms with Crippen LogP contribution in [0.25, 0.3) is 0 Å². The Morgan fingerprint density at radius 3 is 2.53 bits per heavy atom. The Bertz CT molecular complexity index is 529. The van der Waals surface area contributed by atoms with Crippen LogP contribution in [0.2, 0.25) is 5.02 Å². The van der Waals surface area contributed by atoms with Crippen LogP contribution in [0.3, 0.4) is 0 Å². The Balaban J connectivity index is 2.13. The standard InChI is InChI=1S/C13H9ClF2O/c14-10-5-3-4-9(13(10)16)8-17-12-7-2-1-6-11(12)15/h1-7H,8H2. The van der Waals surface area contributed by atoms with Gasteiger partial charge in [-0.1, -0.05) is 35.9 Å². The summed E-state index contributed by atoms with van der Waals surface area (Å²) in [7, 11) is 0. The van der Waals surface area contributed by atoms with Crippen LogP contribution in [0.4, 0.5) is 8.78 Å². The number of halogens is 3. The smallest absolute Gasteiger partial charge is 0.165 e. The van der Waals surface area contributed by atoms with E-state index in [9.17, 15) is 8.78 Å². The summed E-state index contributed by atoms with van der Waals surface area (Å²) in [6.07, 6.45) is 0. The van der Waals surface area contributed by atoms with Crippen molar-refractivity contribution in [1.82, 2.24) is 0 Å². The SMILES string of the molecule is Fc1ccccc1OCc1cccc(Cl)c1F. The van der Waals surface area contributed by atoms with Gasteiger partial charge in [-0.2, -0.15) is 0 Å². The van der Waals surface area contributed by atoms with Crippen molar-refractivity contribution < 1.29 is 13.5 Å². The Morgan fingerprint density at radius 2 is 1.76 bits per heavy atom. The molecule has 0 bridgehead atoms. The molecule has 0 radical (unpaired) electrons. The van der Waals surface area contributed by atoms with Crippen LogP contribution in [0.5, 0.6) is 5.75 Å². The van der Waals surface area contributed by atoms with E-state index in [0.717, 1.165) is 0 Å². The molecule has 0 fully saturated rings. The van der Waals surface area contributed by atoms with E-state index in [0.29, 0.717) is 5.56 Å². The average Bonchev–Trinajstić information content (AvgIpc) is 2.33. The van der Waals surface area contributed by atoms with Crippen LogP contribution >= 0.6 is 11.6 Å². The molecule has 0 aliphatic heterocycles. The van der Waals surface area contributed by atoms with Gasteiger partial charge in [-0.15, -0.1) is 0 Å². The summed E-state index contributed by atoms with van der Waals surface area (Å²) in [5.74, 6) is -0.924. The average molecular weight is 255 g/mol. The third kappa shape index (κ3) is 2.74. The highest BCUT2D eigenvalue weighted by Gasteiger charge is 2.08. The summed E-state index contributed by atoms with van der Waals surface area (Å²) < 4.78 is 31.9. The maximum atomic E-state index is 13.5. The maximum absolute atomic E-state index is 13.5. The second kappa shape index (κ2) is 5.15. The minimum atomic E-state index is -0.537. The summed E-state index contributed by atoms with van der Waals surface area (Å²) in [5, 5.41) is 0.0274. The van der Waals surface area contributed by atoms with Crippen LogP contribution in [0.1, 0.15) is 5.56 Å². The molecule has 17 heavy (non-hydrogen) atoms. The van der Waals surface area contributed by atoms with E-state index in [1.165, 1.54) is 18.2 Å². The monoisotopic (exact) mass is 254 g/mol. The van der Waals surface area contributed by atoms with Crippen molar-refractivity contribution in [3.63, 3.8) is 0 Å². The van der Waals surface area contributed by atoms with Crippen molar-refractivity contribution in [3.05, 3.63) is 64.7 Å². The largest absolute Gasteiger partial charge is 0.486 e. The van der Waals surface area contributed by atoms with Gasteiger partial charge in [-0.3, -0.25) is 0 Å². The zero-order valence-electron chi connectivity index (χ0n) is 8.79. The Hall–Kier alpha value is -1.61. The lowest BCUT2D eigenvalue weighted by atomic mass is 10.2. The Morgan fingerprint density at radius 1 is 1.00 bits per heavy atom. The van der Waals surface area contributed by atoms with Crippen molar-refractivity contribution in [2.24, 2.45) is 0 Å². The number of rotatable bonds is 3. The summed E-state index contributed by atoms with van der Waals surface area (Å²) in [6.45, 7) is -0.0622. The van der Waals surface area contributed by atoms with Gasteiger partial charge in [0.1, 0.15) is 12.4 Å².